The van der Waals surface area contributed by atoms with Crippen LogP contribution in [0.25, 0.3) is 103 Å². The Morgan fingerprint density at radius 2 is 0.881 bits per heavy atom. The topological polar surface area (TPSA) is 33.2 Å². The van der Waals surface area contributed by atoms with E-state index in [4.69, 9.17) is 9.47 Å². The highest BCUT2D eigenvalue weighted by molar-refractivity contribution is 7.26. The fourth-order valence-electron chi connectivity index (χ4n) is 11.9. The molecule has 0 amide bonds. The lowest BCUT2D eigenvalue weighted by molar-refractivity contribution is 0.462. The van der Waals surface area contributed by atoms with E-state index < -0.39 is 0 Å². The molecule has 0 aliphatic carbocycles. The van der Waals surface area contributed by atoms with Crippen LogP contribution < -0.4 is 25.9 Å². The monoisotopic (exact) mass is 871 g/mol. The van der Waals surface area contributed by atoms with Crippen LogP contribution in [0.3, 0.4) is 0 Å². The summed E-state index contributed by atoms with van der Waals surface area (Å²) >= 11 is 1.88. The molecule has 0 fully saturated rings. The zero-order valence-corrected chi connectivity index (χ0v) is 36.6. The number of thiophene rings is 1. The van der Waals surface area contributed by atoms with Crippen LogP contribution in [-0.4, -0.2) is 20.4 Å². The molecule has 0 unspecified atom stereocenters. The van der Waals surface area contributed by atoms with Gasteiger partial charge in [-0.25, -0.2) is 0 Å². The van der Waals surface area contributed by atoms with Crippen LogP contribution in [0.5, 0.6) is 23.0 Å². The SMILES string of the molecule is c1ccc(-n2c3ccccc3c3ccc4c(c5ccccc5n4-c4cc(-n5c6ccccc6c6c7sc8ccccc8c7ccc65)c5c6c4Oc4ccccc4B6c4ccccc4O5)c32)cc1. The first-order chi connectivity index (χ1) is 33.3. The zero-order valence-electron chi connectivity index (χ0n) is 35.8. The Kier molecular flexibility index (Phi) is 6.98. The molecule has 0 bridgehead atoms. The molecule has 0 saturated carbocycles. The maximum Gasteiger partial charge on any atom is 0.260 e. The molecule has 16 rings (SSSR count). The normalized spacial score (nSPS) is 13.0. The van der Waals surface area contributed by atoms with Gasteiger partial charge in [0, 0.05) is 63.6 Å². The molecule has 0 radical (unpaired) electrons. The summed E-state index contributed by atoms with van der Waals surface area (Å²) in [6, 6.07) is 74.8. The first-order valence-corrected chi connectivity index (χ1v) is 23.7. The lowest BCUT2D eigenvalue weighted by Crippen LogP contribution is -2.57. The lowest BCUT2D eigenvalue weighted by atomic mass is 9.34. The Bertz CT molecular complexity index is 4470. The number of aromatic nitrogens is 3. The standard InChI is InChI=1S/C60H34BN3O2S/c1-2-16-35(17-3-1)62-44-24-10-4-18-36(44)38-30-32-47-54(57(38)62)40-20-5-11-25-45(40)63(47)49-34-50(59-56-58(49)65-51-27-13-8-22-42(51)61(56)43-23-9-14-28-52(43)66-59)64-46-26-12-6-21-41(46)55-48(64)33-31-39-37-19-7-15-29-53(37)67-60(39)55/h1-34H. The number of hydrogen-bond donors (Lipinski definition) is 0. The van der Waals surface area contributed by atoms with Gasteiger partial charge in [0.05, 0.1) is 44.5 Å². The smallest absolute Gasteiger partial charge is 0.260 e. The third-order valence-corrected chi connectivity index (χ3v) is 15.8. The van der Waals surface area contributed by atoms with Crippen molar-refractivity contribution in [1.29, 1.82) is 0 Å². The molecular weight excluding hydrogens is 838 g/mol. The van der Waals surface area contributed by atoms with Crippen LogP contribution >= 0.6 is 11.3 Å². The maximum atomic E-state index is 7.35. The Labute approximate surface area is 387 Å². The van der Waals surface area contributed by atoms with Crippen molar-refractivity contribution in [2.24, 2.45) is 0 Å². The summed E-state index contributed by atoms with van der Waals surface area (Å²) in [6.07, 6.45) is 0. The van der Waals surface area contributed by atoms with Crippen LogP contribution in [0.15, 0.2) is 206 Å². The number of nitrogens with zero attached hydrogens (tertiary/aromatic N) is 3. The lowest BCUT2D eigenvalue weighted by Gasteiger charge is -2.35. The quantitative estimate of drug-likeness (QED) is 0.166. The van der Waals surface area contributed by atoms with Crippen LogP contribution in [0.2, 0.25) is 0 Å². The summed E-state index contributed by atoms with van der Waals surface area (Å²) in [5.41, 5.74) is 13.1. The van der Waals surface area contributed by atoms with E-state index in [9.17, 15) is 0 Å². The summed E-state index contributed by atoms with van der Waals surface area (Å²) in [5, 5.41) is 9.85. The summed E-state index contributed by atoms with van der Waals surface area (Å²) < 4.78 is 24.6. The second kappa shape index (κ2) is 13.1. The largest absolute Gasteiger partial charge is 0.456 e. The van der Waals surface area contributed by atoms with Gasteiger partial charge in [0.2, 0.25) is 0 Å². The molecule has 7 heteroatoms. The molecule has 10 aromatic carbocycles. The maximum absolute atomic E-state index is 7.35. The predicted octanol–water partition coefficient (Wildman–Crippen LogP) is 14.1. The molecule has 310 valence electrons. The van der Waals surface area contributed by atoms with E-state index in [1.54, 1.807) is 0 Å². The highest BCUT2D eigenvalue weighted by Crippen LogP contribution is 2.50. The fraction of sp³-hybridized carbons (Fsp3) is 0. The Morgan fingerprint density at radius 3 is 1.55 bits per heavy atom. The van der Waals surface area contributed by atoms with Gasteiger partial charge >= 0.3 is 0 Å². The number of rotatable bonds is 3. The Hall–Kier alpha value is -8.52. The summed E-state index contributed by atoms with van der Waals surface area (Å²) in [5.74, 6) is 3.32. The van der Waals surface area contributed by atoms with E-state index in [1.165, 1.54) is 63.5 Å². The van der Waals surface area contributed by atoms with Gasteiger partial charge in [-0.15, -0.1) is 11.3 Å². The van der Waals surface area contributed by atoms with Crippen molar-refractivity contribution in [3.8, 4) is 40.1 Å². The second-order valence-electron chi connectivity index (χ2n) is 17.9. The van der Waals surface area contributed by atoms with Crippen molar-refractivity contribution in [3.63, 3.8) is 0 Å². The van der Waals surface area contributed by atoms with Crippen molar-refractivity contribution < 1.29 is 9.47 Å². The average Bonchev–Trinajstić information content (AvgIpc) is 4.13. The van der Waals surface area contributed by atoms with Gasteiger partial charge in [0.15, 0.2) is 11.5 Å². The van der Waals surface area contributed by atoms with E-state index in [0.29, 0.717) is 0 Å². The summed E-state index contributed by atoms with van der Waals surface area (Å²) in [6.45, 7) is -0.138. The molecular formula is C60H34BN3O2S. The highest BCUT2D eigenvalue weighted by Gasteiger charge is 2.43. The van der Waals surface area contributed by atoms with Crippen molar-refractivity contribution >= 4 is 120 Å². The number of para-hydroxylation sites is 6. The molecule has 0 atom stereocenters. The molecule has 0 spiro atoms. The molecule has 0 saturated heterocycles. The van der Waals surface area contributed by atoms with Gasteiger partial charge in [0.1, 0.15) is 11.5 Å². The minimum atomic E-state index is -0.138. The average molecular weight is 872 g/mol. The zero-order chi connectivity index (χ0) is 43.5. The van der Waals surface area contributed by atoms with Gasteiger partial charge in [-0.05, 0) is 77.7 Å². The van der Waals surface area contributed by atoms with Crippen molar-refractivity contribution in [2.75, 3.05) is 0 Å². The summed E-state index contributed by atoms with van der Waals surface area (Å²) in [7, 11) is 0. The third-order valence-electron chi connectivity index (χ3n) is 14.5. The van der Waals surface area contributed by atoms with Crippen molar-refractivity contribution in [3.05, 3.63) is 206 Å². The van der Waals surface area contributed by atoms with E-state index in [0.717, 1.165) is 78.5 Å². The minimum absolute atomic E-state index is 0.138. The van der Waals surface area contributed by atoms with E-state index >= 15 is 0 Å². The van der Waals surface area contributed by atoms with Gasteiger partial charge in [-0.3, -0.25) is 0 Å². The van der Waals surface area contributed by atoms with Crippen LogP contribution in [0.1, 0.15) is 0 Å². The Balaban J connectivity index is 1.09. The molecule has 6 heterocycles. The van der Waals surface area contributed by atoms with E-state index in [1.807, 2.05) is 11.3 Å². The summed E-state index contributed by atoms with van der Waals surface area (Å²) in [4.78, 5) is 0. The molecule has 4 aromatic heterocycles. The Morgan fingerprint density at radius 1 is 0.373 bits per heavy atom. The minimum Gasteiger partial charge on any atom is -0.456 e. The first kappa shape index (κ1) is 35.8. The van der Waals surface area contributed by atoms with Crippen LogP contribution in [0, 0.1) is 0 Å². The second-order valence-corrected chi connectivity index (χ2v) is 18.9. The number of fused-ring (bicyclic) bond motifs is 18. The third kappa shape index (κ3) is 4.63. The molecule has 14 aromatic rings. The van der Waals surface area contributed by atoms with Gasteiger partial charge in [-0.2, -0.15) is 0 Å². The van der Waals surface area contributed by atoms with Gasteiger partial charge in [-0.1, -0.05) is 140 Å². The first-order valence-electron chi connectivity index (χ1n) is 22.9. The van der Waals surface area contributed by atoms with Gasteiger partial charge < -0.3 is 23.2 Å². The van der Waals surface area contributed by atoms with Gasteiger partial charge in [0.25, 0.3) is 6.71 Å². The number of benzene rings is 10. The van der Waals surface area contributed by atoms with Crippen LogP contribution in [-0.2, 0) is 0 Å². The van der Waals surface area contributed by atoms with E-state index in [2.05, 4.69) is 220 Å². The molecule has 2 aliphatic heterocycles. The number of ether oxygens (including phenoxy) is 2. The fourth-order valence-corrected chi connectivity index (χ4v) is 13.1. The predicted molar refractivity (Wildman–Crippen MR) is 280 cm³/mol. The molecule has 2 aliphatic rings. The highest BCUT2D eigenvalue weighted by atomic mass is 32.1. The van der Waals surface area contributed by atoms with Crippen LogP contribution in [0.4, 0.5) is 0 Å². The van der Waals surface area contributed by atoms with Crippen molar-refractivity contribution in [2.45, 2.75) is 0 Å². The van der Waals surface area contributed by atoms with E-state index in [-0.39, 0.29) is 6.71 Å². The van der Waals surface area contributed by atoms with Crippen molar-refractivity contribution in [1.82, 2.24) is 13.7 Å². The molecule has 0 N–H and O–H groups in total. The molecule has 67 heavy (non-hydrogen) atoms. The number of hydrogen-bond acceptors (Lipinski definition) is 3. The molecule has 5 nitrogen and oxygen atoms in total.